The van der Waals surface area contributed by atoms with E-state index in [0.29, 0.717) is 37.3 Å². The van der Waals surface area contributed by atoms with Crippen LogP contribution in [0.5, 0.6) is 0 Å². The summed E-state index contributed by atoms with van der Waals surface area (Å²) >= 11 is 0. The Kier molecular flexibility index (Phi) is 6.96. The molecule has 1 aliphatic heterocycles. The minimum Gasteiger partial charge on any atom is -0.444 e. The van der Waals surface area contributed by atoms with Crippen molar-refractivity contribution >= 4 is 23.5 Å². The first kappa shape index (κ1) is 23.8. The summed E-state index contributed by atoms with van der Waals surface area (Å²) in [6.45, 7) is 0.455. The lowest BCUT2D eigenvalue weighted by molar-refractivity contribution is 0.0610. The SMILES string of the molecule is N#CCC1(n2cc(C(N)=O)c(Nc3ccccc3)n2)CCN(C(=O)OCc2ccccc2F)CC1. The molecule has 0 atom stereocenters. The Bertz CT molecular complexity index is 1250. The molecule has 0 radical (unpaired) electrons. The van der Waals surface area contributed by atoms with Gasteiger partial charge >= 0.3 is 6.09 Å². The minimum atomic E-state index is -0.724. The molecule has 0 saturated carbocycles. The Morgan fingerprint density at radius 2 is 1.83 bits per heavy atom. The number of hydrogen-bond acceptors (Lipinski definition) is 6. The van der Waals surface area contributed by atoms with Crippen molar-refractivity contribution in [3.8, 4) is 6.07 Å². The van der Waals surface area contributed by atoms with E-state index in [0.717, 1.165) is 5.69 Å². The monoisotopic (exact) mass is 476 g/mol. The van der Waals surface area contributed by atoms with Crippen molar-refractivity contribution in [3.63, 3.8) is 0 Å². The number of hydrogen-bond donors (Lipinski definition) is 2. The van der Waals surface area contributed by atoms with Gasteiger partial charge in [-0.15, -0.1) is 0 Å². The third-order valence-corrected chi connectivity index (χ3v) is 6.17. The van der Waals surface area contributed by atoms with Crippen LogP contribution in [0.2, 0.25) is 0 Å². The normalized spacial score (nSPS) is 14.7. The number of rotatable bonds is 7. The number of para-hydroxylation sites is 1. The van der Waals surface area contributed by atoms with Crippen molar-refractivity contribution in [2.24, 2.45) is 5.73 Å². The molecular formula is C25H25FN6O3. The van der Waals surface area contributed by atoms with E-state index in [2.05, 4.69) is 16.5 Å². The van der Waals surface area contributed by atoms with Crippen LogP contribution in [0.25, 0.3) is 0 Å². The summed E-state index contributed by atoms with van der Waals surface area (Å²) in [5.41, 5.74) is 6.11. The Labute approximate surface area is 201 Å². The van der Waals surface area contributed by atoms with E-state index in [4.69, 9.17) is 10.5 Å². The topological polar surface area (TPSA) is 126 Å². The van der Waals surface area contributed by atoms with Crippen LogP contribution in [0.15, 0.2) is 60.8 Å². The zero-order valence-corrected chi connectivity index (χ0v) is 19.0. The van der Waals surface area contributed by atoms with Gasteiger partial charge in [0.2, 0.25) is 0 Å². The smallest absolute Gasteiger partial charge is 0.410 e. The number of halogens is 1. The largest absolute Gasteiger partial charge is 0.444 e. The number of aromatic nitrogens is 2. The predicted octanol–water partition coefficient (Wildman–Crippen LogP) is 3.91. The van der Waals surface area contributed by atoms with Crippen LogP contribution >= 0.6 is 0 Å². The van der Waals surface area contributed by atoms with Gasteiger partial charge in [0.25, 0.3) is 5.91 Å². The summed E-state index contributed by atoms with van der Waals surface area (Å²) in [6, 6.07) is 17.6. The van der Waals surface area contributed by atoms with E-state index in [1.807, 2.05) is 30.3 Å². The summed E-state index contributed by atoms with van der Waals surface area (Å²) in [4.78, 5) is 26.2. The van der Waals surface area contributed by atoms with Crippen LogP contribution in [0.3, 0.4) is 0 Å². The van der Waals surface area contributed by atoms with Crippen LogP contribution in [-0.2, 0) is 16.9 Å². The molecule has 10 heteroatoms. The lowest BCUT2D eigenvalue weighted by atomic mass is 9.85. The van der Waals surface area contributed by atoms with Gasteiger partial charge < -0.3 is 20.7 Å². The number of anilines is 2. The number of benzene rings is 2. The highest BCUT2D eigenvalue weighted by Crippen LogP contribution is 2.35. The van der Waals surface area contributed by atoms with E-state index < -0.39 is 23.4 Å². The number of primary amides is 1. The summed E-state index contributed by atoms with van der Waals surface area (Å²) in [7, 11) is 0. The maximum Gasteiger partial charge on any atom is 0.410 e. The highest BCUT2D eigenvalue weighted by molar-refractivity contribution is 5.98. The summed E-state index contributed by atoms with van der Waals surface area (Å²) in [5, 5.41) is 17.2. The maximum absolute atomic E-state index is 13.8. The Morgan fingerprint density at radius 3 is 2.49 bits per heavy atom. The number of nitrogens with two attached hydrogens (primary N) is 1. The zero-order chi connectivity index (χ0) is 24.8. The molecule has 1 saturated heterocycles. The second kappa shape index (κ2) is 10.3. The van der Waals surface area contributed by atoms with Gasteiger partial charge in [-0.2, -0.15) is 10.4 Å². The van der Waals surface area contributed by atoms with Gasteiger partial charge in [-0.05, 0) is 31.0 Å². The van der Waals surface area contributed by atoms with Crippen molar-refractivity contribution in [1.29, 1.82) is 5.26 Å². The van der Waals surface area contributed by atoms with Gasteiger partial charge in [-0.1, -0.05) is 36.4 Å². The molecule has 180 valence electrons. The van der Waals surface area contributed by atoms with Crippen LogP contribution in [-0.4, -0.2) is 39.8 Å². The molecule has 2 aromatic carbocycles. The molecule has 1 aromatic heterocycles. The molecule has 4 rings (SSSR count). The standard InChI is InChI=1S/C25H25FN6O3/c26-21-9-5-4-6-18(21)17-35-24(34)31-14-11-25(10-13-27,12-15-31)32-16-20(22(28)33)23(30-32)29-19-7-2-1-3-8-19/h1-9,16H,10-12,14-15,17H2,(H2,28,33)(H,29,30). The van der Waals surface area contributed by atoms with E-state index in [9.17, 15) is 19.2 Å². The van der Waals surface area contributed by atoms with Gasteiger partial charge in [-0.3, -0.25) is 9.48 Å². The third-order valence-electron chi connectivity index (χ3n) is 6.17. The van der Waals surface area contributed by atoms with Crippen LogP contribution in [0.1, 0.15) is 35.2 Å². The van der Waals surface area contributed by atoms with Gasteiger partial charge in [0, 0.05) is 30.5 Å². The average Bonchev–Trinajstić information content (AvgIpc) is 3.29. The summed E-state index contributed by atoms with van der Waals surface area (Å²) < 4.78 is 20.7. The first-order chi connectivity index (χ1) is 16.9. The van der Waals surface area contributed by atoms with Gasteiger partial charge in [0.05, 0.1) is 18.0 Å². The van der Waals surface area contributed by atoms with Crippen molar-refractivity contribution in [3.05, 3.63) is 77.7 Å². The Hall–Kier alpha value is -4.39. The minimum absolute atomic E-state index is 0.135. The lowest BCUT2D eigenvalue weighted by Crippen LogP contribution is -2.48. The van der Waals surface area contributed by atoms with E-state index in [1.165, 1.54) is 11.0 Å². The average molecular weight is 477 g/mol. The molecule has 2 amide bonds. The molecule has 1 aliphatic rings. The number of nitrogens with one attached hydrogen (secondary N) is 1. The second-order valence-electron chi connectivity index (χ2n) is 8.38. The van der Waals surface area contributed by atoms with Gasteiger partial charge in [0.15, 0.2) is 5.82 Å². The molecule has 1 fully saturated rings. The van der Waals surface area contributed by atoms with Crippen molar-refractivity contribution in [2.45, 2.75) is 31.4 Å². The fraction of sp³-hybridized carbons (Fsp3) is 0.280. The van der Waals surface area contributed by atoms with E-state index in [1.54, 1.807) is 29.1 Å². The maximum atomic E-state index is 13.8. The van der Waals surface area contributed by atoms with Crippen molar-refractivity contribution < 1.29 is 18.7 Å². The number of carbonyl (C=O) groups excluding carboxylic acids is 2. The fourth-order valence-electron chi connectivity index (χ4n) is 4.13. The molecule has 3 aromatic rings. The molecule has 0 aliphatic carbocycles. The Balaban J connectivity index is 1.48. The molecular weight excluding hydrogens is 451 g/mol. The number of nitrogens with zero attached hydrogens (tertiary/aromatic N) is 4. The van der Waals surface area contributed by atoms with Crippen molar-refractivity contribution in [2.75, 3.05) is 18.4 Å². The number of likely N-dealkylation sites (tertiary alicyclic amines) is 1. The number of ether oxygens (including phenoxy) is 1. The summed E-state index contributed by atoms with van der Waals surface area (Å²) in [5.74, 6) is -0.778. The predicted molar refractivity (Wildman–Crippen MR) is 126 cm³/mol. The van der Waals surface area contributed by atoms with Gasteiger partial charge in [-0.25, -0.2) is 9.18 Å². The van der Waals surface area contributed by atoms with Crippen LogP contribution in [0, 0.1) is 17.1 Å². The highest BCUT2D eigenvalue weighted by Gasteiger charge is 2.39. The van der Waals surface area contributed by atoms with Gasteiger partial charge in [0.1, 0.15) is 18.0 Å². The quantitative estimate of drug-likeness (QED) is 0.532. The molecule has 35 heavy (non-hydrogen) atoms. The van der Waals surface area contributed by atoms with E-state index >= 15 is 0 Å². The first-order valence-corrected chi connectivity index (χ1v) is 11.2. The zero-order valence-electron chi connectivity index (χ0n) is 19.0. The summed E-state index contributed by atoms with van der Waals surface area (Å²) in [6.07, 6.45) is 1.97. The van der Waals surface area contributed by atoms with Crippen LogP contribution in [0.4, 0.5) is 20.7 Å². The molecule has 2 heterocycles. The number of carbonyl (C=O) groups is 2. The number of piperidine rings is 1. The molecule has 0 spiro atoms. The molecule has 9 nitrogen and oxygen atoms in total. The molecule has 3 N–H and O–H groups in total. The van der Waals surface area contributed by atoms with Crippen LogP contribution < -0.4 is 11.1 Å². The number of amides is 2. The van der Waals surface area contributed by atoms with Crippen molar-refractivity contribution in [1.82, 2.24) is 14.7 Å². The Morgan fingerprint density at radius 1 is 1.14 bits per heavy atom. The molecule has 0 bridgehead atoms. The van der Waals surface area contributed by atoms with E-state index in [-0.39, 0.29) is 18.6 Å². The third kappa shape index (κ3) is 5.24. The second-order valence-corrected chi connectivity index (χ2v) is 8.38. The first-order valence-electron chi connectivity index (χ1n) is 11.2. The number of nitriles is 1. The lowest BCUT2D eigenvalue weighted by Gasteiger charge is -2.40. The molecule has 0 unspecified atom stereocenters. The highest BCUT2D eigenvalue weighted by atomic mass is 19.1. The fourth-order valence-corrected chi connectivity index (χ4v) is 4.13.